The molecule has 8 nitrogen and oxygen atoms in total. The number of amides is 1. The van der Waals surface area contributed by atoms with Crippen molar-refractivity contribution in [2.75, 3.05) is 5.75 Å². The van der Waals surface area contributed by atoms with Gasteiger partial charge in [-0.25, -0.2) is 5.43 Å². The Morgan fingerprint density at radius 2 is 1.82 bits per heavy atom. The highest BCUT2D eigenvalue weighted by molar-refractivity contribution is 9.10. The minimum absolute atomic E-state index is 0.0579. The van der Waals surface area contributed by atoms with Crippen LogP contribution in [0.25, 0.3) is 17.1 Å². The quantitative estimate of drug-likeness (QED) is 0.188. The summed E-state index contributed by atoms with van der Waals surface area (Å²) in [5.41, 5.74) is 4.56. The lowest BCUT2D eigenvalue weighted by atomic mass is 10.2. The summed E-state index contributed by atoms with van der Waals surface area (Å²) in [7, 11) is 0. The molecular weight excluding hydrogens is 506 g/mol. The van der Waals surface area contributed by atoms with E-state index in [4.69, 9.17) is 0 Å². The van der Waals surface area contributed by atoms with E-state index < -0.39 is 0 Å². The zero-order chi connectivity index (χ0) is 23.2. The van der Waals surface area contributed by atoms with E-state index in [1.54, 1.807) is 0 Å². The summed E-state index contributed by atoms with van der Waals surface area (Å²) in [5, 5.41) is 32.2. The van der Waals surface area contributed by atoms with Crippen LogP contribution in [0.4, 0.5) is 0 Å². The van der Waals surface area contributed by atoms with E-state index in [9.17, 15) is 15.0 Å². The van der Waals surface area contributed by atoms with Crippen LogP contribution in [-0.4, -0.2) is 42.9 Å². The van der Waals surface area contributed by atoms with Crippen molar-refractivity contribution < 1.29 is 15.0 Å². The SMILES string of the molecule is O=C(CSc1nnc(-c2ccccc2)n1-c1ccc(Br)cc1)N/N=C\c1ccc(O)cc1O. The normalized spacial score (nSPS) is 11.1. The number of nitrogens with zero attached hydrogens (tertiary/aromatic N) is 4. The summed E-state index contributed by atoms with van der Waals surface area (Å²) in [6.45, 7) is 0. The van der Waals surface area contributed by atoms with E-state index in [-0.39, 0.29) is 23.2 Å². The van der Waals surface area contributed by atoms with E-state index in [2.05, 4.69) is 36.7 Å². The van der Waals surface area contributed by atoms with Crippen LogP contribution in [0.3, 0.4) is 0 Å². The number of phenolic OH excluding ortho intramolecular Hbond substituents is 2. The van der Waals surface area contributed by atoms with Crippen LogP contribution in [0.2, 0.25) is 0 Å². The Morgan fingerprint density at radius 1 is 1.06 bits per heavy atom. The predicted molar refractivity (Wildman–Crippen MR) is 131 cm³/mol. The minimum Gasteiger partial charge on any atom is -0.508 e. The monoisotopic (exact) mass is 523 g/mol. The maximum Gasteiger partial charge on any atom is 0.250 e. The first-order valence-corrected chi connectivity index (χ1v) is 11.5. The molecule has 3 aromatic carbocycles. The number of halogens is 1. The average Bonchev–Trinajstić information content (AvgIpc) is 3.24. The van der Waals surface area contributed by atoms with Crippen molar-refractivity contribution in [1.82, 2.24) is 20.2 Å². The molecule has 3 N–H and O–H groups in total. The van der Waals surface area contributed by atoms with Crippen LogP contribution in [0.15, 0.2) is 87.5 Å². The summed E-state index contributed by atoms with van der Waals surface area (Å²) < 4.78 is 2.85. The molecule has 0 unspecified atom stereocenters. The topological polar surface area (TPSA) is 113 Å². The fourth-order valence-electron chi connectivity index (χ4n) is 2.94. The smallest absolute Gasteiger partial charge is 0.250 e. The number of carbonyl (C=O) groups is 1. The number of carbonyl (C=O) groups excluding carboxylic acids is 1. The molecule has 33 heavy (non-hydrogen) atoms. The Bertz CT molecular complexity index is 1290. The van der Waals surface area contributed by atoms with E-state index in [0.29, 0.717) is 16.5 Å². The number of aromatic hydroxyl groups is 2. The summed E-state index contributed by atoms with van der Waals surface area (Å²) in [4.78, 5) is 12.3. The van der Waals surface area contributed by atoms with Crippen molar-refractivity contribution >= 4 is 39.8 Å². The fourth-order valence-corrected chi connectivity index (χ4v) is 3.95. The number of nitrogens with one attached hydrogen (secondary N) is 1. The van der Waals surface area contributed by atoms with E-state index >= 15 is 0 Å². The number of rotatable bonds is 7. The van der Waals surface area contributed by atoms with Gasteiger partial charge < -0.3 is 10.2 Å². The van der Waals surface area contributed by atoms with Gasteiger partial charge in [-0.05, 0) is 36.4 Å². The number of thioether (sulfide) groups is 1. The largest absolute Gasteiger partial charge is 0.508 e. The Hall–Kier alpha value is -3.63. The molecule has 1 heterocycles. The van der Waals surface area contributed by atoms with Crippen LogP contribution in [-0.2, 0) is 4.79 Å². The van der Waals surface area contributed by atoms with Gasteiger partial charge in [0.05, 0.1) is 12.0 Å². The second-order valence-corrected chi connectivity index (χ2v) is 8.67. The standard InChI is InChI=1S/C23H18BrN5O3S/c24-17-7-9-18(10-8-17)29-22(15-4-2-1-3-5-15)27-28-23(29)33-14-21(32)26-25-13-16-6-11-19(30)12-20(16)31/h1-13,30-31H,14H2,(H,26,32)/b25-13-. The third-order valence-corrected chi connectivity index (χ3v) is 5.95. The minimum atomic E-state index is -0.346. The first kappa shape index (κ1) is 22.6. The summed E-state index contributed by atoms with van der Waals surface area (Å²) in [6.07, 6.45) is 1.30. The molecule has 0 radical (unpaired) electrons. The molecule has 1 amide bonds. The van der Waals surface area contributed by atoms with Crippen LogP contribution < -0.4 is 5.43 Å². The average molecular weight is 524 g/mol. The highest BCUT2D eigenvalue weighted by atomic mass is 79.9. The molecule has 0 saturated carbocycles. The first-order valence-electron chi connectivity index (χ1n) is 9.75. The van der Waals surface area contributed by atoms with Gasteiger partial charge in [0, 0.05) is 27.4 Å². The maximum absolute atomic E-state index is 12.3. The lowest BCUT2D eigenvalue weighted by Gasteiger charge is -2.10. The Morgan fingerprint density at radius 3 is 2.55 bits per heavy atom. The Balaban J connectivity index is 1.49. The van der Waals surface area contributed by atoms with Gasteiger partial charge in [-0.3, -0.25) is 9.36 Å². The second-order valence-electron chi connectivity index (χ2n) is 6.81. The van der Waals surface area contributed by atoms with Gasteiger partial charge in [-0.1, -0.05) is 58.0 Å². The summed E-state index contributed by atoms with van der Waals surface area (Å²) >= 11 is 4.68. The number of phenols is 2. The van der Waals surface area contributed by atoms with E-state index in [0.717, 1.165) is 15.7 Å². The van der Waals surface area contributed by atoms with Gasteiger partial charge in [0.25, 0.3) is 5.91 Å². The predicted octanol–water partition coefficient (Wildman–Crippen LogP) is 4.35. The number of hydrazone groups is 1. The lowest BCUT2D eigenvalue weighted by Crippen LogP contribution is -2.20. The molecule has 10 heteroatoms. The molecule has 0 bridgehead atoms. The van der Waals surface area contributed by atoms with Gasteiger partial charge in [0.15, 0.2) is 11.0 Å². The van der Waals surface area contributed by atoms with Crippen molar-refractivity contribution in [3.05, 3.63) is 82.8 Å². The van der Waals surface area contributed by atoms with Gasteiger partial charge in [-0.2, -0.15) is 5.10 Å². The van der Waals surface area contributed by atoms with Crippen molar-refractivity contribution in [3.8, 4) is 28.6 Å². The molecule has 0 saturated heterocycles. The van der Waals surface area contributed by atoms with E-state index in [1.807, 2.05) is 59.2 Å². The molecular formula is C23H18BrN5O3S. The third-order valence-electron chi connectivity index (χ3n) is 4.49. The van der Waals surface area contributed by atoms with Crippen molar-refractivity contribution in [1.29, 1.82) is 0 Å². The van der Waals surface area contributed by atoms with Crippen molar-refractivity contribution in [2.24, 2.45) is 5.10 Å². The van der Waals surface area contributed by atoms with Crippen LogP contribution in [0.5, 0.6) is 11.5 Å². The first-order chi connectivity index (χ1) is 16.0. The third kappa shape index (κ3) is 5.60. The van der Waals surface area contributed by atoms with Gasteiger partial charge in [-0.15, -0.1) is 10.2 Å². The summed E-state index contributed by atoms with van der Waals surface area (Å²) in [6, 6.07) is 21.5. The van der Waals surface area contributed by atoms with Crippen LogP contribution >= 0.6 is 27.7 Å². The van der Waals surface area contributed by atoms with Crippen LogP contribution in [0.1, 0.15) is 5.56 Å². The lowest BCUT2D eigenvalue weighted by molar-refractivity contribution is -0.118. The van der Waals surface area contributed by atoms with Gasteiger partial charge in [0.2, 0.25) is 0 Å². The second kappa shape index (κ2) is 10.3. The number of benzene rings is 3. The Labute approximate surface area is 202 Å². The molecule has 166 valence electrons. The molecule has 0 aliphatic rings. The molecule has 0 aliphatic heterocycles. The highest BCUT2D eigenvalue weighted by Crippen LogP contribution is 2.28. The molecule has 0 aliphatic carbocycles. The molecule has 0 spiro atoms. The molecule has 0 atom stereocenters. The zero-order valence-electron chi connectivity index (χ0n) is 17.1. The van der Waals surface area contributed by atoms with Crippen LogP contribution in [0, 0.1) is 0 Å². The van der Waals surface area contributed by atoms with Gasteiger partial charge in [0.1, 0.15) is 11.5 Å². The fraction of sp³-hybridized carbons (Fsp3) is 0.0435. The zero-order valence-corrected chi connectivity index (χ0v) is 19.5. The summed E-state index contributed by atoms with van der Waals surface area (Å²) in [5.74, 6) is 0.179. The Kier molecular flexibility index (Phi) is 7.06. The van der Waals surface area contributed by atoms with Crippen molar-refractivity contribution in [2.45, 2.75) is 5.16 Å². The molecule has 0 fully saturated rings. The molecule has 1 aromatic heterocycles. The number of aromatic nitrogens is 3. The highest BCUT2D eigenvalue weighted by Gasteiger charge is 2.17. The van der Waals surface area contributed by atoms with E-state index in [1.165, 1.54) is 36.2 Å². The van der Waals surface area contributed by atoms with Crippen molar-refractivity contribution in [3.63, 3.8) is 0 Å². The maximum atomic E-state index is 12.3. The number of hydrogen-bond donors (Lipinski definition) is 3. The molecule has 4 rings (SSSR count). The van der Waals surface area contributed by atoms with Gasteiger partial charge >= 0.3 is 0 Å². The molecule has 4 aromatic rings. The number of hydrogen-bond acceptors (Lipinski definition) is 7.